The molecule has 0 atom stereocenters. The van der Waals surface area contributed by atoms with Gasteiger partial charge in [-0.1, -0.05) is 0 Å². The van der Waals surface area contributed by atoms with E-state index in [2.05, 4.69) is 83.6 Å². The first-order chi connectivity index (χ1) is 11.4. The van der Waals surface area contributed by atoms with Crippen molar-refractivity contribution in [1.29, 1.82) is 0 Å². The fourth-order valence-electron chi connectivity index (χ4n) is 3.79. The minimum absolute atomic E-state index is 1.50. The average molecular weight is 437 g/mol. The molecule has 2 aromatic heterocycles. The van der Waals surface area contributed by atoms with Gasteiger partial charge < -0.3 is 0 Å². The van der Waals surface area contributed by atoms with Crippen molar-refractivity contribution in [1.82, 2.24) is 0 Å². The first-order valence-corrected chi connectivity index (χ1v) is 15.2. The Bertz CT molecular complexity index is 885. The summed E-state index contributed by atoms with van der Waals surface area (Å²) < 4.78 is 6.47. The average Bonchev–Trinajstić information content (AvgIpc) is 3.30. The predicted octanol–water partition coefficient (Wildman–Crippen LogP) is 3.17. The van der Waals surface area contributed by atoms with Gasteiger partial charge in [-0.05, 0) is 0 Å². The number of hydrogen-bond donors (Lipinski definition) is 0. The summed E-state index contributed by atoms with van der Waals surface area (Å²) in [6, 6.07) is 27.2. The number of hydrogen-bond acceptors (Lipinski definition) is 2. The van der Waals surface area contributed by atoms with E-state index < -0.39 is 18.4 Å². The summed E-state index contributed by atoms with van der Waals surface area (Å²) in [4.78, 5) is 0. The van der Waals surface area contributed by atoms with Crippen molar-refractivity contribution in [2.24, 2.45) is 0 Å². The molecule has 4 aromatic rings. The molecule has 3 heterocycles. The van der Waals surface area contributed by atoms with Crippen LogP contribution in [-0.2, 0) is 0 Å². The Hall–Kier alpha value is -1.36. The maximum atomic E-state index is 2.36. The van der Waals surface area contributed by atoms with Crippen LogP contribution in [0.1, 0.15) is 0 Å². The number of rotatable bonds is 2. The van der Waals surface area contributed by atoms with Gasteiger partial charge in [-0.3, -0.25) is 0 Å². The van der Waals surface area contributed by atoms with E-state index in [1.807, 2.05) is 22.7 Å². The molecule has 0 bridgehead atoms. The van der Waals surface area contributed by atoms with E-state index in [0.717, 1.165) is 0 Å². The van der Waals surface area contributed by atoms with Gasteiger partial charge in [0.25, 0.3) is 0 Å². The molecule has 0 saturated carbocycles. The zero-order chi connectivity index (χ0) is 15.3. The summed E-state index contributed by atoms with van der Waals surface area (Å²) in [6.45, 7) is 0. The molecule has 0 saturated heterocycles. The first-order valence-electron chi connectivity index (χ1n) is 7.70. The Kier molecular flexibility index (Phi) is 3.25. The van der Waals surface area contributed by atoms with Crippen LogP contribution in [0.5, 0.6) is 0 Å². The zero-order valence-electron chi connectivity index (χ0n) is 12.4. The predicted molar refractivity (Wildman–Crippen MR) is 105 cm³/mol. The Morgan fingerprint density at radius 3 is 1.39 bits per heavy atom. The summed E-state index contributed by atoms with van der Waals surface area (Å²) in [7, 11) is 0. The minimum atomic E-state index is -3.07. The summed E-state index contributed by atoms with van der Waals surface area (Å²) in [6.07, 6.45) is 0. The fourth-order valence-corrected chi connectivity index (χ4v) is 26.6. The molecule has 1 aliphatic heterocycles. The molecule has 0 fully saturated rings. The van der Waals surface area contributed by atoms with Crippen molar-refractivity contribution in [2.45, 2.75) is 0 Å². The number of fused-ring (bicyclic) bond motifs is 3. The Balaban J connectivity index is 1.96. The molecule has 0 amide bonds. The van der Waals surface area contributed by atoms with E-state index in [-0.39, 0.29) is 0 Å². The van der Waals surface area contributed by atoms with E-state index in [1.54, 1.807) is 12.9 Å². The molecule has 0 aliphatic carbocycles. The second-order valence-corrected chi connectivity index (χ2v) is 20.1. The first kappa shape index (κ1) is 14.0. The topological polar surface area (TPSA) is 0 Å². The summed E-state index contributed by atoms with van der Waals surface area (Å²) in [5.41, 5.74) is 2.99. The second-order valence-electron chi connectivity index (χ2n) is 5.81. The van der Waals surface area contributed by atoms with Gasteiger partial charge in [0.05, 0.1) is 0 Å². The standard InChI is InChI=1S/C8H4S2.2C6H5.Sn/c1-3-9-5-7(1)8-2-4-10-6-8;2*1-2-4-6-5-3-1;/h1-4H;2*1-5H;. The van der Waals surface area contributed by atoms with Crippen LogP contribution >= 0.6 is 22.7 Å². The molecule has 1 aliphatic rings. The van der Waals surface area contributed by atoms with Crippen molar-refractivity contribution in [2.75, 3.05) is 0 Å². The van der Waals surface area contributed by atoms with Crippen LogP contribution in [0.25, 0.3) is 11.1 Å². The summed E-state index contributed by atoms with van der Waals surface area (Å²) in [5, 5.41) is 4.56. The monoisotopic (exact) mass is 438 g/mol. The van der Waals surface area contributed by atoms with Crippen LogP contribution < -0.4 is 12.9 Å². The van der Waals surface area contributed by atoms with Crippen LogP contribution in [0.3, 0.4) is 0 Å². The van der Waals surface area contributed by atoms with Gasteiger partial charge in [0, 0.05) is 0 Å². The normalized spacial score (nSPS) is 14.4. The SMILES string of the molecule is c1cc[c]([Sn]2([c]3ccccc3)[c]3sccc3-c3ccs[c]32)cc1. The summed E-state index contributed by atoms with van der Waals surface area (Å²) in [5.74, 6) is 0. The molecular weight excluding hydrogens is 423 g/mol. The zero-order valence-corrected chi connectivity index (χ0v) is 16.9. The van der Waals surface area contributed by atoms with E-state index in [0.29, 0.717) is 0 Å². The van der Waals surface area contributed by atoms with Crippen molar-refractivity contribution in [3.8, 4) is 11.1 Å². The van der Waals surface area contributed by atoms with Crippen LogP contribution in [0.15, 0.2) is 83.6 Å². The van der Waals surface area contributed by atoms with Crippen molar-refractivity contribution in [3.63, 3.8) is 0 Å². The quantitative estimate of drug-likeness (QED) is 0.373. The van der Waals surface area contributed by atoms with Crippen molar-refractivity contribution < 1.29 is 0 Å². The van der Waals surface area contributed by atoms with Gasteiger partial charge in [0.15, 0.2) is 0 Å². The molecule has 23 heavy (non-hydrogen) atoms. The van der Waals surface area contributed by atoms with Gasteiger partial charge >= 0.3 is 149 Å². The molecule has 5 rings (SSSR count). The molecule has 0 unspecified atom stereocenters. The van der Waals surface area contributed by atoms with Crippen LogP contribution in [0.2, 0.25) is 0 Å². The molecule has 0 nitrogen and oxygen atoms in total. The van der Waals surface area contributed by atoms with Crippen molar-refractivity contribution in [3.05, 3.63) is 83.6 Å². The van der Waals surface area contributed by atoms with Crippen LogP contribution in [0.4, 0.5) is 0 Å². The summed E-state index contributed by atoms with van der Waals surface area (Å²) >= 11 is 0.869. The van der Waals surface area contributed by atoms with E-state index in [9.17, 15) is 0 Å². The van der Waals surface area contributed by atoms with E-state index in [4.69, 9.17) is 0 Å². The van der Waals surface area contributed by atoms with E-state index >= 15 is 0 Å². The molecular formula is C20H14S2Sn. The molecule has 110 valence electrons. The third-order valence-corrected chi connectivity index (χ3v) is 24.6. The third kappa shape index (κ3) is 1.83. The Morgan fingerprint density at radius 2 is 0.957 bits per heavy atom. The maximum absolute atomic E-state index is 3.07. The number of thiophene rings is 2. The Labute approximate surface area is 147 Å². The van der Waals surface area contributed by atoms with E-state index in [1.165, 1.54) is 11.1 Å². The van der Waals surface area contributed by atoms with Gasteiger partial charge in [-0.2, -0.15) is 0 Å². The molecule has 0 radical (unpaired) electrons. The molecule has 0 N–H and O–H groups in total. The molecule has 3 heteroatoms. The molecule has 2 aromatic carbocycles. The van der Waals surface area contributed by atoms with Gasteiger partial charge in [-0.25, -0.2) is 0 Å². The third-order valence-electron chi connectivity index (χ3n) is 4.72. The van der Waals surface area contributed by atoms with Crippen LogP contribution in [-0.4, -0.2) is 18.4 Å². The number of benzene rings is 2. The fraction of sp³-hybridized carbons (Fsp3) is 0. The van der Waals surface area contributed by atoms with Gasteiger partial charge in [0.1, 0.15) is 0 Å². The van der Waals surface area contributed by atoms with Gasteiger partial charge in [-0.15, -0.1) is 0 Å². The van der Waals surface area contributed by atoms with Gasteiger partial charge in [0.2, 0.25) is 0 Å². The second kappa shape index (κ2) is 5.33. The van der Waals surface area contributed by atoms with Crippen LogP contribution in [0, 0.1) is 0 Å². The molecule has 0 spiro atoms. The van der Waals surface area contributed by atoms with Crippen molar-refractivity contribution >= 4 is 54.0 Å². The Morgan fingerprint density at radius 1 is 0.522 bits per heavy atom.